The molecule has 0 saturated heterocycles. The van der Waals surface area contributed by atoms with Crippen LogP contribution in [0.4, 0.5) is 0 Å². The molecule has 1 aromatic rings. The molecule has 0 saturated carbocycles. The average Bonchev–Trinajstić information content (AvgIpc) is 3.05. The summed E-state index contributed by atoms with van der Waals surface area (Å²) in [5.41, 5.74) is 2.84. The Hall–Kier alpha value is -2.41. The lowest BCUT2D eigenvalue weighted by molar-refractivity contribution is -0.856. The van der Waals surface area contributed by atoms with E-state index in [1.165, 1.54) is 4.90 Å². The first-order valence-corrected chi connectivity index (χ1v) is 8.53. The van der Waals surface area contributed by atoms with E-state index in [-0.39, 0.29) is 11.8 Å². The predicted molar refractivity (Wildman–Crippen MR) is 95.5 cm³/mol. The number of rotatable bonds is 7. The monoisotopic (exact) mass is 347 g/mol. The van der Waals surface area contributed by atoms with Gasteiger partial charge in [-0.25, -0.2) is 0 Å². The third kappa shape index (κ3) is 5.56. The van der Waals surface area contributed by atoms with Crippen molar-refractivity contribution in [2.24, 2.45) is 5.16 Å². The molecule has 7 nitrogen and oxygen atoms in total. The maximum absolute atomic E-state index is 12.3. The molecular weight excluding hydrogens is 320 g/mol. The minimum atomic E-state index is -0.697. The number of carbonyl (C=O) groups excluding carboxylic acids is 2. The van der Waals surface area contributed by atoms with Gasteiger partial charge in [0.25, 0.3) is 5.91 Å². The van der Waals surface area contributed by atoms with E-state index < -0.39 is 12.1 Å². The Kier molecular flexibility index (Phi) is 6.52. The van der Waals surface area contributed by atoms with Gasteiger partial charge in [-0.3, -0.25) is 9.59 Å². The molecule has 1 aliphatic rings. The highest BCUT2D eigenvalue weighted by Crippen LogP contribution is 2.17. The number of hydrogen-bond donors (Lipinski definition) is 3. The molecule has 0 radical (unpaired) electrons. The lowest BCUT2D eigenvalue weighted by atomic mass is 10.0. The fraction of sp³-hybridized carbons (Fsp3) is 0.500. The summed E-state index contributed by atoms with van der Waals surface area (Å²) < 4.78 is 0. The Balaban J connectivity index is 1.80. The van der Waals surface area contributed by atoms with Crippen molar-refractivity contribution in [3.05, 3.63) is 35.4 Å². The van der Waals surface area contributed by atoms with E-state index in [1.807, 2.05) is 45.3 Å². The van der Waals surface area contributed by atoms with Crippen LogP contribution in [0.3, 0.4) is 0 Å². The molecule has 3 N–H and O–H groups in total. The SMILES string of the molecule is Cc1ccc(C2=NO[C@@H](C(=O)N[C@H](C)C(=O)NCC[NH+](C)C)C2)cc1. The Morgan fingerprint density at radius 2 is 2.00 bits per heavy atom. The zero-order valence-corrected chi connectivity index (χ0v) is 15.3. The quantitative estimate of drug-likeness (QED) is 0.607. The van der Waals surface area contributed by atoms with Crippen molar-refractivity contribution in [2.45, 2.75) is 32.4 Å². The van der Waals surface area contributed by atoms with Crippen LogP contribution in [0, 0.1) is 6.92 Å². The van der Waals surface area contributed by atoms with Crippen LogP contribution in [0.2, 0.25) is 0 Å². The zero-order valence-electron chi connectivity index (χ0n) is 15.3. The van der Waals surface area contributed by atoms with Gasteiger partial charge in [-0.1, -0.05) is 35.0 Å². The number of nitrogens with one attached hydrogen (secondary N) is 3. The summed E-state index contributed by atoms with van der Waals surface area (Å²) in [6, 6.07) is 7.29. The van der Waals surface area contributed by atoms with E-state index in [0.29, 0.717) is 13.0 Å². The third-order valence-corrected chi connectivity index (χ3v) is 4.02. The van der Waals surface area contributed by atoms with E-state index >= 15 is 0 Å². The fourth-order valence-electron chi connectivity index (χ4n) is 2.40. The summed E-state index contributed by atoms with van der Waals surface area (Å²) in [5, 5.41) is 9.50. The topological polar surface area (TPSA) is 84.2 Å². The maximum atomic E-state index is 12.3. The zero-order chi connectivity index (χ0) is 18.4. The normalized spacial score (nSPS) is 17.6. The highest BCUT2D eigenvalue weighted by atomic mass is 16.6. The van der Waals surface area contributed by atoms with Crippen molar-refractivity contribution in [3.8, 4) is 0 Å². The molecule has 2 amide bonds. The maximum Gasteiger partial charge on any atom is 0.264 e. The second kappa shape index (κ2) is 8.62. The molecule has 1 aromatic carbocycles. The summed E-state index contributed by atoms with van der Waals surface area (Å²) >= 11 is 0. The van der Waals surface area contributed by atoms with Gasteiger partial charge in [-0.2, -0.15) is 0 Å². The van der Waals surface area contributed by atoms with Crippen molar-refractivity contribution >= 4 is 17.5 Å². The van der Waals surface area contributed by atoms with E-state index in [1.54, 1.807) is 6.92 Å². The third-order valence-electron chi connectivity index (χ3n) is 4.02. The van der Waals surface area contributed by atoms with Crippen LogP contribution >= 0.6 is 0 Å². The average molecular weight is 347 g/mol. The molecule has 25 heavy (non-hydrogen) atoms. The van der Waals surface area contributed by atoms with Gasteiger partial charge in [0.1, 0.15) is 6.04 Å². The Bertz CT molecular complexity index is 640. The second-order valence-corrected chi connectivity index (χ2v) is 6.68. The van der Waals surface area contributed by atoms with Crippen molar-refractivity contribution < 1.29 is 19.3 Å². The highest BCUT2D eigenvalue weighted by molar-refractivity contribution is 6.04. The standard InChI is InChI=1S/C18H26N4O3/c1-12-5-7-14(8-6-12)15-11-16(25-21-15)18(24)20-13(2)17(23)19-9-10-22(3)4/h5-8,13,16H,9-11H2,1-4H3,(H,19,23)(H,20,24)/p+1/t13-,16-/m1/s1. The summed E-state index contributed by atoms with van der Waals surface area (Å²) in [6.45, 7) is 5.07. The van der Waals surface area contributed by atoms with Crippen molar-refractivity contribution in [3.63, 3.8) is 0 Å². The van der Waals surface area contributed by atoms with Crippen molar-refractivity contribution in [1.29, 1.82) is 0 Å². The second-order valence-electron chi connectivity index (χ2n) is 6.68. The van der Waals surface area contributed by atoms with E-state index in [0.717, 1.165) is 23.4 Å². The summed E-state index contributed by atoms with van der Waals surface area (Å²) in [6.07, 6.45) is -0.300. The van der Waals surface area contributed by atoms with E-state index in [4.69, 9.17) is 4.84 Å². The van der Waals surface area contributed by atoms with Gasteiger partial charge in [0.05, 0.1) is 32.9 Å². The minimum absolute atomic E-state index is 0.202. The van der Waals surface area contributed by atoms with Crippen LogP contribution in [0.1, 0.15) is 24.5 Å². The van der Waals surface area contributed by atoms with E-state index in [9.17, 15) is 9.59 Å². The first kappa shape index (κ1) is 18.9. The van der Waals surface area contributed by atoms with Crippen molar-refractivity contribution in [2.75, 3.05) is 27.2 Å². The molecular formula is C18H27N4O3+. The van der Waals surface area contributed by atoms with Crippen LogP contribution in [0.5, 0.6) is 0 Å². The molecule has 0 spiro atoms. The molecule has 0 fully saturated rings. The van der Waals surface area contributed by atoms with Gasteiger partial charge in [0.15, 0.2) is 0 Å². The molecule has 0 aliphatic carbocycles. The van der Waals surface area contributed by atoms with Gasteiger partial charge >= 0.3 is 0 Å². The predicted octanol–water partition coefficient (Wildman–Crippen LogP) is -0.747. The lowest BCUT2D eigenvalue weighted by Gasteiger charge is -2.16. The molecule has 2 atom stereocenters. The summed E-state index contributed by atoms with van der Waals surface area (Å²) in [4.78, 5) is 30.8. The molecule has 2 rings (SSSR count). The Morgan fingerprint density at radius 1 is 1.32 bits per heavy atom. The molecule has 0 aromatic heterocycles. The number of likely N-dealkylation sites (N-methyl/N-ethyl adjacent to an activating group) is 1. The molecule has 1 heterocycles. The summed E-state index contributed by atoms with van der Waals surface area (Å²) in [5.74, 6) is -0.529. The highest BCUT2D eigenvalue weighted by Gasteiger charge is 2.30. The number of aryl methyl sites for hydroxylation is 1. The number of carbonyl (C=O) groups is 2. The van der Waals surface area contributed by atoms with E-state index in [2.05, 4.69) is 15.8 Å². The minimum Gasteiger partial charge on any atom is -0.382 e. The molecule has 7 heteroatoms. The molecule has 0 bridgehead atoms. The van der Waals surface area contributed by atoms with Crippen LogP contribution < -0.4 is 15.5 Å². The van der Waals surface area contributed by atoms with Gasteiger partial charge in [0.2, 0.25) is 12.0 Å². The lowest BCUT2D eigenvalue weighted by Crippen LogP contribution is -3.06. The largest absolute Gasteiger partial charge is 0.382 e. The van der Waals surface area contributed by atoms with Crippen LogP contribution in [-0.2, 0) is 14.4 Å². The number of quaternary nitrogens is 1. The first-order chi connectivity index (χ1) is 11.9. The number of hydrogen-bond acceptors (Lipinski definition) is 4. The number of amides is 2. The molecule has 0 unspecified atom stereocenters. The van der Waals surface area contributed by atoms with Gasteiger partial charge in [-0.05, 0) is 19.4 Å². The Labute approximate surface area is 148 Å². The van der Waals surface area contributed by atoms with Crippen molar-refractivity contribution in [1.82, 2.24) is 10.6 Å². The first-order valence-electron chi connectivity index (χ1n) is 8.53. The molecule has 1 aliphatic heterocycles. The van der Waals surface area contributed by atoms with Crippen LogP contribution in [0.15, 0.2) is 29.4 Å². The fourth-order valence-corrected chi connectivity index (χ4v) is 2.40. The number of benzene rings is 1. The van der Waals surface area contributed by atoms with Gasteiger partial charge < -0.3 is 20.4 Å². The summed E-state index contributed by atoms with van der Waals surface area (Å²) in [7, 11) is 4.03. The molecule has 136 valence electrons. The van der Waals surface area contributed by atoms with Crippen LogP contribution in [-0.4, -0.2) is 56.9 Å². The number of nitrogens with zero attached hydrogens (tertiary/aromatic N) is 1. The van der Waals surface area contributed by atoms with Gasteiger partial charge in [0, 0.05) is 6.42 Å². The Morgan fingerprint density at radius 3 is 2.64 bits per heavy atom. The number of oxime groups is 1. The smallest absolute Gasteiger partial charge is 0.264 e. The van der Waals surface area contributed by atoms with Gasteiger partial charge in [-0.15, -0.1) is 0 Å². The van der Waals surface area contributed by atoms with Crippen LogP contribution in [0.25, 0.3) is 0 Å².